The van der Waals surface area contributed by atoms with E-state index in [1.54, 1.807) is 0 Å². The zero-order valence-electron chi connectivity index (χ0n) is 17.0. The second-order valence-corrected chi connectivity index (χ2v) is 6.85. The minimum Gasteiger partial charge on any atom is -0.481 e. The number of carbonyl (C=O) groups is 6. The summed E-state index contributed by atoms with van der Waals surface area (Å²) >= 11 is 0. The normalized spacial score (nSPS) is 14.3. The van der Waals surface area contributed by atoms with Gasteiger partial charge in [0.2, 0.25) is 23.6 Å². The van der Waals surface area contributed by atoms with Crippen molar-refractivity contribution >= 4 is 35.6 Å². The lowest BCUT2D eigenvalue weighted by Gasteiger charge is -2.23. The quantitative estimate of drug-likeness (QED) is 0.144. The summed E-state index contributed by atoms with van der Waals surface area (Å²) in [6.45, 7) is 1.25. The fourth-order valence-corrected chi connectivity index (χ4v) is 2.46. The topological polar surface area (TPSA) is 260 Å². The molecule has 0 saturated heterocycles. The van der Waals surface area contributed by atoms with E-state index in [1.807, 2.05) is 0 Å². The number of aromatic nitrogens is 2. The number of nitrogens with two attached hydrogens (primary N) is 2. The van der Waals surface area contributed by atoms with Crippen molar-refractivity contribution in [1.29, 1.82) is 0 Å². The summed E-state index contributed by atoms with van der Waals surface area (Å²) in [4.78, 5) is 76.4. The summed E-state index contributed by atoms with van der Waals surface area (Å²) in [5.74, 6) is -6.41. The highest BCUT2D eigenvalue weighted by molar-refractivity contribution is 5.95. The molecule has 0 bridgehead atoms. The Hall–Kier alpha value is -4.01. The predicted octanol–water partition coefficient (Wildman–Crippen LogP) is -3.81. The van der Waals surface area contributed by atoms with E-state index >= 15 is 0 Å². The zero-order valence-corrected chi connectivity index (χ0v) is 17.0. The average molecular weight is 455 g/mol. The maximum atomic E-state index is 12.7. The van der Waals surface area contributed by atoms with Gasteiger partial charge in [-0.05, 0) is 6.92 Å². The van der Waals surface area contributed by atoms with Gasteiger partial charge in [0.25, 0.3) is 0 Å². The Kier molecular flexibility index (Phi) is 9.75. The molecule has 176 valence electrons. The Bertz CT molecular complexity index is 857. The molecule has 0 saturated carbocycles. The number of primary amides is 1. The minimum absolute atomic E-state index is 0.0921. The van der Waals surface area contributed by atoms with Gasteiger partial charge in [-0.25, -0.2) is 9.78 Å². The molecule has 4 unspecified atom stereocenters. The molecule has 10 N–H and O–H groups in total. The van der Waals surface area contributed by atoms with E-state index < -0.39 is 72.6 Å². The monoisotopic (exact) mass is 455 g/mol. The zero-order chi connectivity index (χ0) is 24.4. The molecule has 4 amide bonds. The summed E-state index contributed by atoms with van der Waals surface area (Å²) in [7, 11) is 0. The van der Waals surface area contributed by atoms with Crippen LogP contribution in [0.3, 0.4) is 0 Å². The number of hydrogen-bond donors (Lipinski definition) is 8. The molecule has 0 aromatic carbocycles. The summed E-state index contributed by atoms with van der Waals surface area (Å²) < 4.78 is 0. The van der Waals surface area contributed by atoms with Gasteiger partial charge in [-0.2, -0.15) is 0 Å². The van der Waals surface area contributed by atoms with Gasteiger partial charge < -0.3 is 42.6 Å². The third kappa shape index (κ3) is 8.78. The van der Waals surface area contributed by atoms with Crippen molar-refractivity contribution in [3.05, 3.63) is 18.2 Å². The smallest absolute Gasteiger partial charge is 0.326 e. The minimum atomic E-state index is -1.59. The van der Waals surface area contributed by atoms with Crippen LogP contribution in [0.4, 0.5) is 0 Å². The molecular formula is C17H25N7O8. The van der Waals surface area contributed by atoms with Gasteiger partial charge in [-0.1, -0.05) is 0 Å². The summed E-state index contributed by atoms with van der Waals surface area (Å²) in [6.07, 6.45) is 1.32. The summed E-state index contributed by atoms with van der Waals surface area (Å²) in [5.41, 5.74) is 10.9. The first-order valence-electron chi connectivity index (χ1n) is 9.27. The van der Waals surface area contributed by atoms with Crippen LogP contribution in [0.1, 0.15) is 25.5 Å². The number of carboxylic acids is 2. The molecule has 32 heavy (non-hydrogen) atoms. The molecule has 1 aromatic rings. The molecule has 4 atom stereocenters. The molecule has 1 heterocycles. The number of H-pyrrole nitrogens is 1. The van der Waals surface area contributed by atoms with Gasteiger partial charge in [0, 0.05) is 18.3 Å². The van der Waals surface area contributed by atoms with Gasteiger partial charge in [0.15, 0.2) is 0 Å². The second-order valence-electron chi connectivity index (χ2n) is 6.85. The predicted molar refractivity (Wildman–Crippen MR) is 105 cm³/mol. The van der Waals surface area contributed by atoms with Crippen molar-refractivity contribution in [3.8, 4) is 0 Å². The van der Waals surface area contributed by atoms with Gasteiger partial charge in [-0.3, -0.25) is 24.0 Å². The van der Waals surface area contributed by atoms with E-state index in [0.29, 0.717) is 5.69 Å². The lowest BCUT2D eigenvalue weighted by molar-refractivity contribution is -0.143. The van der Waals surface area contributed by atoms with Crippen LogP contribution in [0, 0.1) is 0 Å². The van der Waals surface area contributed by atoms with Gasteiger partial charge in [0.1, 0.15) is 18.1 Å². The van der Waals surface area contributed by atoms with Crippen molar-refractivity contribution < 1.29 is 39.0 Å². The third-order valence-electron chi connectivity index (χ3n) is 4.12. The molecule has 0 aliphatic carbocycles. The Morgan fingerprint density at radius 3 is 2.12 bits per heavy atom. The number of carboxylic acid groups (broad SMARTS) is 2. The van der Waals surface area contributed by atoms with E-state index in [2.05, 4.69) is 25.9 Å². The summed E-state index contributed by atoms with van der Waals surface area (Å²) in [6, 6.07) is -5.53. The van der Waals surface area contributed by atoms with Crippen LogP contribution in [-0.4, -0.2) is 79.9 Å². The van der Waals surface area contributed by atoms with Crippen LogP contribution in [0.15, 0.2) is 12.5 Å². The lowest BCUT2D eigenvalue weighted by atomic mass is 10.1. The second kappa shape index (κ2) is 12.0. The van der Waals surface area contributed by atoms with Crippen LogP contribution >= 0.6 is 0 Å². The molecule has 0 fully saturated rings. The Balaban J connectivity index is 2.86. The SMILES string of the molecule is CC(NC(=O)C(Cc1cnc[nH]1)NC(=O)C(N)CC(=O)O)C(=O)NC(CC(N)=O)C(=O)O. The van der Waals surface area contributed by atoms with E-state index in [9.17, 15) is 28.8 Å². The van der Waals surface area contributed by atoms with Crippen molar-refractivity contribution in [2.75, 3.05) is 0 Å². The van der Waals surface area contributed by atoms with Crippen molar-refractivity contribution in [2.24, 2.45) is 11.5 Å². The number of hydrogen-bond acceptors (Lipinski definition) is 8. The van der Waals surface area contributed by atoms with Gasteiger partial charge in [0.05, 0.1) is 25.2 Å². The number of imidazole rings is 1. The standard InChI is InChI=1S/C17H25N7O8/c1-7(14(28)24-11(17(31)32)4-12(19)25)22-16(30)10(2-8-5-20-6-21-8)23-15(29)9(18)3-13(26)27/h5-7,9-11H,2-4,18H2,1H3,(H2,19,25)(H,20,21)(H,22,30)(H,23,29)(H,24,28)(H,26,27)(H,31,32). The lowest BCUT2D eigenvalue weighted by Crippen LogP contribution is -2.57. The number of rotatable bonds is 13. The molecule has 0 aliphatic heterocycles. The number of amides is 4. The number of carbonyl (C=O) groups excluding carboxylic acids is 4. The Labute approximate surface area is 181 Å². The fourth-order valence-electron chi connectivity index (χ4n) is 2.46. The highest BCUT2D eigenvalue weighted by atomic mass is 16.4. The van der Waals surface area contributed by atoms with Crippen molar-refractivity contribution in [2.45, 2.75) is 50.4 Å². The van der Waals surface area contributed by atoms with Crippen LogP contribution < -0.4 is 27.4 Å². The molecule has 0 radical (unpaired) electrons. The van der Waals surface area contributed by atoms with Crippen molar-refractivity contribution in [3.63, 3.8) is 0 Å². The highest BCUT2D eigenvalue weighted by Gasteiger charge is 2.29. The number of nitrogens with one attached hydrogen (secondary N) is 4. The maximum absolute atomic E-state index is 12.7. The third-order valence-corrected chi connectivity index (χ3v) is 4.12. The molecule has 15 heteroatoms. The Morgan fingerprint density at radius 2 is 1.62 bits per heavy atom. The van der Waals surface area contributed by atoms with E-state index in [-0.39, 0.29) is 6.42 Å². The number of aliphatic carboxylic acids is 2. The van der Waals surface area contributed by atoms with Gasteiger partial charge in [-0.15, -0.1) is 0 Å². The summed E-state index contributed by atoms with van der Waals surface area (Å²) in [5, 5.41) is 24.5. The van der Waals surface area contributed by atoms with Crippen LogP contribution in [0.5, 0.6) is 0 Å². The maximum Gasteiger partial charge on any atom is 0.326 e. The number of nitrogens with zero attached hydrogens (tertiary/aromatic N) is 1. The molecular weight excluding hydrogens is 430 g/mol. The largest absolute Gasteiger partial charge is 0.481 e. The molecule has 15 nitrogen and oxygen atoms in total. The molecule has 1 rings (SSSR count). The van der Waals surface area contributed by atoms with Crippen LogP contribution in [0.2, 0.25) is 0 Å². The molecule has 0 aliphatic rings. The first-order valence-corrected chi connectivity index (χ1v) is 9.27. The highest BCUT2D eigenvalue weighted by Crippen LogP contribution is 2.02. The van der Waals surface area contributed by atoms with E-state index in [4.69, 9.17) is 21.7 Å². The first kappa shape index (κ1) is 26.0. The first-order chi connectivity index (χ1) is 14.9. The molecule has 0 spiro atoms. The molecule has 1 aromatic heterocycles. The van der Waals surface area contributed by atoms with E-state index in [0.717, 1.165) is 0 Å². The van der Waals surface area contributed by atoms with Gasteiger partial charge >= 0.3 is 11.9 Å². The van der Waals surface area contributed by atoms with Crippen molar-refractivity contribution in [1.82, 2.24) is 25.9 Å². The van der Waals surface area contributed by atoms with Crippen LogP contribution in [0.25, 0.3) is 0 Å². The average Bonchev–Trinajstić information content (AvgIpc) is 3.18. The Morgan fingerprint density at radius 1 is 1.00 bits per heavy atom. The van der Waals surface area contributed by atoms with Crippen LogP contribution in [-0.2, 0) is 35.2 Å². The number of aromatic amines is 1. The van der Waals surface area contributed by atoms with E-state index in [1.165, 1.54) is 19.4 Å². The fraction of sp³-hybridized carbons (Fsp3) is 0.471.